The molecule has 7 heteroatoms. The lowest BCUT2D eigenvalue weighted by Crippen LogP contribution is -2.28. The zero-order chi connectivity index (χ0) is 12.5. The molecule has 7 nitrogen and oxygen atoms in total. The highest BCUT2D eigenvalue weighted by Crippen LogP contribution is 1.99. The summed E-state index contributed by atoms with van der Waals surface area (Å²) in [5.41, 5.74) is 8.35. The van der Waals surface area contributed by atoms with Gasteiger partial charge in [-0.25, -0.2) is 15.5 Å². The van der Waals surface area contributed by atoms with Crippen molar-refractivity contribution in [3.8, 4) is 0 Å². The van der Waals surface area contributed by atoms with Crippen molar-refractivity contribution in [2.45, 2.75) is 0 Å². The van der Waals surface area contributed by atoms with Crippen LogP contribution in [0.4, 0.5) is 0 Å². The van der Waals surface area contributed by atoms with Crippen LogP contribution in [0.15, 0.2) is 46.6 Å². The minimum atomic E-state index is -0.905. The molecule has 0 saturated heterocycles. The minimum Gasteiger partial charge on any atom is -0.363 e. The highest BCUT2D eigenvalue weighted by Gasteiger charge is 1.94. The lowest BCUT2D eigenvalue weighted by molar-refractivity contribution is -0.485. The molecule has 0 spiro atoms. The molecule has 0 aliphatic heterocycles. The third-order valence-corrected chi connectivity index (χ3v) is 1.62. The van der Waals surface area contributed by atoms with Gasteiger partial charge in [0.2, 0.25) is 0 Å². The Hall–Kier alpha value is -2.70. The number of hydrazone groups is 2. The molecule has 88 valence electrons. The number of allylic oxidation sites excluding steroid dienone is 1. The van der Waals surface area contributed by atoms with Gasteiger partial charge in [0, 0.05) is 6.21 Å². The first-order valence-corrected chi connectivity index (χ1v) is 4.68. The van der Waals surface area contributed by atoms with Crippen LogP contribution in [0.1, 0.15) is 5.56 Å². The summed E-state index contributed by atoms with van der Waals surface area (Å²) in [7, 11) is 0. The van der Waals surface area contributed by atoms with Gasteiger partial charge in [0.05, 0.1) is 0 Å². The molecule has 0 heterocycles. The van der Waals surface area contributed by atoms with Crippen LogP contribution in [0.5, 0.6) is 0 Å². The fourth-order valence-electron chi connectivity index (χ4n) is 0.975. The maximum Gasteiger partial charge on any atom is 0.286 e. The molecule has 0 aromatic heterocycles. The molecule has 1 aromatic rings. The summed E-state index contributed by atoms with van der Waals surface area (Å²) < 4.78 is 0. The molecule has 1 rings (SSSR count). The summed E-state index contributed by atoms with van der Waals surface area (Å²) in [4.78, 5) is 9.92. The lowest BCUT2D eigenvalue weighted by Gasteiger charge is -1.91. The van der Waals surface area contributed by atoms with Gasteiger partial charge >= 0.3 is 0 Å². The van der Waals surface area contributed by atoms with E-state index in [1.54, 1.807) is 6.08 Å². The molecule has 0 unspecified atom stereocenters. The van der Waals surface area contributed by atoms with E-state index in [4.69, 9.17) is 5.73 Å². The minimum absolute atomic E-state index is 0.376. The van der Waals surface area contributed by atoms with Crippen molar-refractivity contribution in [3.63, 3.8) is 0 Å². The molecule has 0 bridgehead atoms. The van der Waals surface area contributed by atoms with Crippen molar-refractivity contribution in [1.29, 1.82) is 0 Å². The maximum atomic E-state index is 9.92. The Morgan fingerprint density at radius 2 is 2.12 bits per heavy atom. The zero-order valence-electron chi connectivity index (χ0n) is 8.85. The number of nitrogens with two attached hydrogens (primary N) is 1. The topological polar surface area (TPSA) is 106 Å². The molecular weight excluding hydrogens is 222 g/mol. The Labute approximate surface area is 97.5 Å². The van der Waals surface area contributed by atoms with Crippen molar-refractivity contribution in [3.05, 3.63) is 52.1 Å². The molecule has 0 fully saturated rings. The van der Waals surface area contributed by atoms with Gasteiger partial charge in [0.25, 0.3) is 5.96 Å². The molecule has 0 aliphatic carbocycles. The number of hydrogen-bond donors (Lipinski definition) is 2. The van der Waals surface area contributed by atoms with Gasteiger partial charge < -0.3 is 5.73 Å². The zero-order valence-corrected chi connectivity index (χ0v) is 8.85. The lowest BCUT2D eigenvalue weighted by atomic mass is 10.2. The van der Waals surface area contributed by atoms with Gasteiger partial charge in [0.15, 0.2) is 5.03 Å². The molecule has 0 amide bonds. The van der Waals surface area contributed by atoms with Gasteiger partial charge in [-0.3, -0.25) is 0 Å². The number of nitro groups is 1. The van der Waals surface area contributed by atoms with Crippen LogP contribution in [-0.2, 0) is 0 Å². The second kappa shape index (κ2) is 6.72. The van der Waals surface area contributed by atoms with Gasteiger partial charge in [-0.05, 0) is 11.6 Å². The number of benzene rings is 1. The predicted molar refractivity (Wildman–Crippen MR) is 65.7 cm³/mol. The quantitative estimate of drug-likeness (QED) is 0.347. The highest BCUT2D eigenvalue weighted by molar-refractivity contribution is 5.81. The van der Waals surface area contributed by atoms with E-state index in [-0.39, 0.29) is 5.96 Å². The molecule has 1 aromatic carbocycles. The summed E-state index contributed by atoms with van der Waals surface area (Å²) in [6, 6.07) is 9.61. The first kappa shape index (κ1) is 12.4. The molecule has 3 N–H and O–H groups in total. The summed E-state index contributed by atoms with van der Waals surface area (Å²) in [5, 5.41) is 15.4. The van der Waals surface area contributed by atoms with E-state index in [0.717, 1.165) is 5.56 Å². The van der Waals surface area contributed by atoms with E-state index in [1.807, 2.05) is 36.4 Å². The first-order chi connectivity index (χ1) is 8.18. The number of guanidine groups is 1. The van der Waals surface area contributed by atoms with Crippen LogP contribution in [0.3, 0.4) is 0 Å². The van der Waals surface area contributed by atoms with Crippen LogP contribution in [0.25, 0.3) is 6.08 Å². The van der Waals surface area contributed by atoms with Crippen LogP contribution in [-0.4, -0.2) is 17.2 Å². The number of nitrogens with zero attached hydrogens (tertiary/aromatic N) is 3. The van der Waals surface area contributed by atoms with E-state index < -0.39 is 5.03 Å². The first-order valence-electron chi connectivity index (χ1n) is 4.68. The standard InChI is InChI=1S/C10H11N5O2/c11-10(14-15(16)17)13-12-8-4-7-9-5-2-1-3-6-9/h1-8H,(H3,11,13,14)/b7-4+,12-8+. The molecule has 0 aliphatic rings. The molecule has 0 saturated carbocycles. The number of nitrogens with one attached hydrogen (secondary N) is 1. The Morgan fingerprint density at radius 3 is 2.76 bits per heavy atom. The van der Waals surface area contributed by atoms with Crippen molar-refractivity contribution >= 4 is 18.3 Å². The Kier molecular flexibility index (Phi) is 4.89. The van der Waals surface area contributed by atoms with Crippen molar-refractivity contribution < 1.29 is 5.03 Å². The monoisotopic (exact) mass is 233 g/mol. The number of rotatable bonds is 4. The maximum absolute atomic E-state index is 9.92. The Balaban J connectivity index is 2.41. The van der Waals surface area contributed by atoms with Gasteiger partial charge in [-0.2, -0.15) is 5.10 Å². The third kappa shape index (κ3) is 5.67. The van der Waals surface area contributed by atoms with Crippen molar-refractivity contribution in [2.24, 2.45) is 15.9 Å². The molecular formula is C10H11N5O2. The molecule has 0 atom stereocenters. The molecule has 0 radical (unpaired) electrons. The average Bonchev–Trinajstić information content (AvgIpc) is 2.29. The van der Waals surface area contributed by atoms with E-state index in [0.29, 0.717) is 0 Å². The van der Waals surface area contributed by atoms with Crippen molar-refractivity contribution in [1.82, 2.24) is 5.43 Å². The van der Waals surface area contributed by atoms with E-state index in [1.165, 1.54) is 6.21 Å². The Morgan fingerprint density at radius 1 is 1.41 bits per heavy atom. The van der Waals surface area contributed by atoms with Gasteiger partial charge in [0.1, 0.15) is 5.10 Å². The second-order valence-corrected chi connectivity index (χ2v) is 2.88. The van der Waals surface area contributed by atoms with E-state index in [2.05, 4.69) is 15.6 Å². The summed E-state index contributed by atoms with van der Waals surface area (Å²) in [6.07, 6.45) is 4.91. The summed E-state index contributed by atoms with van der Waals surface area (Å²) >= 11 is 0. The average molecular weight is 233 g/mol. The summed E-state index contributed by atoms with van der Waals surface area (Å²) in [6.45, 7) is 0. The molecule has 17 heavy (non-hydrogen) atoms. The van der Waals surface area contributed by atoms with E-state index in [9.17, 15) is 10.1 Å². The van der Waals surface area contributed by atoms with Crippen LogP contribution >= 0.6 is 0 Å². The fraction of sp³-hybridized carbons (Fsp3) is 0. The second-order valence-electron chi connectivity index (χ2n) is 2.88. The Bertz CT molecular complexity index is 453. The largest absolute Gasteiger partial charge is 0.363 e. The van der Waals surface area contributed by atoms with Gasteiger partial charge in [-0.1, -0.05) is 36.4 Å². The smallest absolute Gasteiger partial charge is 0.286 e. The predicted octanol–water partition coefficient (Wildman–Crippen LogP) is 0.782. The van der Waals surface area contributed by atoms with Crippen LogP contribution < -0.4 is 11.2 Å². The highest BCUT2D eigenvalue weighted by atomic mass is 16.7. The summed E-state index contributed by atoms with van der Waals surface area (Å²) in [5.74, 6) is -0.376. The van der Waals surface area contributed by atoms with Crippen LogP contribution in [0, 0.1) is 10.1 Å². The normalized spacial score (nSPS) is 12.1. The fourth-order valence-corrected chi connectivity index (χ4v) is 0.975. The van der Waals surface area contributed by atoms with Gasteiger partial charge in [-0.15, -0.1) is 0 Å². The third-order valence-electron chi connectivity index (χ3n) is 1.62. The van der Waals surface area contributed by atoms with E-state index >= 15 is 0 Å². The van der Waals surface area contributed by atoms with Crippen molar-refractivity contribution in [2.75, 3.05) is 0 Å². The SMILES string of the molecule is N/C(=N\[N+](=O)[O-])N/N=C/C=C/c1ccccc1. The number of hydrogen-bond acceptors (Lipinski definition) is 3. The van der Waals surface area contributed by atoms with Crippen LogP contribution in [0.2, 0.25) is 0 Å².